The molecule has 2 aromatic carbocycles. The highest BCUT2D eigenvalue weighted by Gasteiger charge is 1.95. The Bertz CT molecular complexity index is 480. The number of benzene rings is 2. The molecule has 2 rings (SSSR count). The highest BCUT2D eigenvalue weighted by atomic mass is 16.5. The molecule has 0 amide bonds. The Hall–Kier alpha value is -1.94. The minimum atomic E-state index is 0.474. The number of rotatable bonds is 2. The third kappa shape index (κ3) is 1.70. The fourth-order valence-corrected chi connectivity index (χ4v) is 1.45. The van der Waals surface area contributed by atoms with Gasteiger partial charge in [0.25, 0.3) is 0 Å². The molecular formula is C13H10O. The summed E-state index contributed by atoms with van der Waals surface area (Å²) in [6, 6.07) is 14.4. The van der Waals surface area contributed by atoms with Crippen molar-refractivity contribution in [3.8, 4) is 12.5 Å². The molecule has 0 fully saturated rings. The van der Waals surface area contributed by atoms with E-state index in [0.29, 0.717) is 6.61 Å². The van der Waals surface area contributed by atoms with Gasteiger partial charge in [-0.3, -0.25) is 0 Å². The molecule has 0 radical (unpaired) electrons. The summed E-state index contributed by atoms with van der Waals surface area (Å²) in [5, 5.41) is 2.45. The summed E-state index contributed by atoms with van der Waals surface area (Å²) in [5.74, 6) is 0. The second-order valence-corrected chi connectivity index (χ2v) is 3.09. The van der Waals surface area contributed by atoms with Gasteiger partial charge in [0.2, 0.25) is 0 Å². The highest BCUT2D eigenvalue weighted by molar-refractivity contribution is 5.82. The maximum Gasteiger partial charge on any atom is 0.125 e. The van der Waals surface area contributed by atoms with E-state index in [2.05, 4.69) is 30.4 Å². The van der Waals surface area contributed by atoms with Crippen LogP contribution in [0.4, 0.5) is 0 Å². The minimum Gasteiger partial charge on any atom is -0.442 e. The molecule has 1 heteroatoms. The molecule has 0 unspecified atom stereocenters. The van der Waals surface area contributed by atoms with Crippen molar-refractivity contribution in [2.24, 2.45) is 0 Å². The van der Waals surface area contributed by atoms with Crippen LogP contribution in [-0.4, -0.2) is 0 Å². The van der Waals surface area contributed by atoms with Gasteiger partial charge >= 0.3 is 0 Å². The molecule has 0 atom stereocenters. The standard InChI is InChI=1S/C13H10O/c1-2-14-10-11-7-8-12-5-3-4-6-13(12)9-11/h1,3-9H,10H2. The van der Waals surface area contributed by atoms with Gasteiger partial charge in [-0.15, -0.1) is 0 Å². The molecule has 0 aromatic heterocycles. The summed E-state index contributed by atoms with van der Waals surface area (Å²) >= 11 is 0. The van der Waals surface area contributed by atoms with E-state index >= 15 is 0 Å². The maximum absolute atomic E-state index is 5.02. The van der Waals surface area contributed by atoms with Crippen LogP contribution in [0.5, 0.6) is 0 Å². The molecule has 68 valence electrons. The van der Waals surface area contributed by atoms with Crippen LogP contribution in [0.25, 0.3) is 10.8 Å². The van der Waals surface area contributed by atoms with E-state index in [1.54, 1.807) is 0 Å². The molecule has 14 heavy (non-hydrogen) atoms. The number of fused-ring (bicyclic) bond motifs is 1. The smallest absolute Gasteiger partial charge is 0.125 e. The lowest BCUT2D eigenvalue weighted by molar-refractivity contribution is 0.265. The van der Waals surface area contributed by atoms with E-state index in [-0.39, 0.29) is 0 Å². The summed E-state index contributed by atoms with van der Waals surface area (Å²) in [6.45, 7) is 0.474. The Morgan fingerprint density at radius 1 is 1.07 bits per heavy atom. The summed E-state index contributed by atoms with van der Waals surface area (Å²) in [7, 11) is 0. The van der Waals surface area contributed by atoms with Crippen molar-refractivity contribution in [2.45, 2.75) is 6.61 Å². The van der Waals surface area contributed by atoms with Gasteiger partial charge in [0.1, 0.15) is 12.7 Å². The number of hydrogen-bond donors (Lipinski definition) is 0. The van der Waals surface area contributed by atoms with Crippen molar-refractivity contribution in [2.75, 3.05) is 0 Å². The monoisotopic (exact) mass is 182 g/mol. The van der Waals surface area contributed by atoms with Gasteiger partial charge in [-0.2, -0.15) is 0 Å². The van der Waals surface area contributed by atoms with Crippen molar-refractivity contribution in [3.63, 3.8) is 0 Å². The van der Waals surface area contributed by atoms with E-state index in [9.17, 15) is 0 Å². The lowest BCUT2D eigenvalue weighted by Gasteiger charge is -2.01. The van der Waals surface area contributed by atoms with Crippen molar-refractivity contribution in [1.29, 1.82) is 0 Å². The quantitative estimate of drug-likeness (QED) is 0.649. The fraction of sp³-hybridized carbons (Fsp3) is 0.0769. The van der Waals surface area contributed by atoms with Crippen LogP contribution in [0.15, 0.2) is 42.5 Å². The van der Waals surface area contributed by atoms with Crippen LogP contribution >= 0.6 is 0 Å². The van der Waals surface area contributed by atoms with Crippen LogP contribution in [0.2, 0.25) is 0 Å². The lowest BCUT2D eigenvalue weighted by Crippen LogP contribution is -1.86. The zero-order chi connectivity index (χ0) is 9.80. The second kappa shape index (κ2) is 3.85. The van der Waals surface area contributed by atoms with Crippen LogP contribution in [-0.2, 0) is 11.3 Å². The molecule has 0 bridgehead atoms. The molecule has 0 spiro atoms. The Kier molecular flexibility index (Phi) is 2.38. The maximum atomic E-state index is 5.02. The lowest BCUT2D eigenvalue weighted by atomic mass is 10.1. The van der Waals surface area contributed by atoms with E-state index in [4.69, 9.17) is 11.2 Å². The van der Waals surface area contributed by atoms with Crippen molar-refractivity contribution in [1.82, 2.24) is 0 Å². The van der Waals surface area contributed by atoms with E-state index in [0.717, 1.165) is 5.56 Å². The van der Waals surface area contributed by atoms with E-state index in [1.807, 2.05) is 18.2 Å². The average molecular weight is 182 g/mol. The van der Waals surface area contributed by atoms with Gasteiger partial charge < -0.3 is 4.74 Å². The topological polar surface area (TPSA) is 9.23 Å². The van der Waals surface area contributed by atoms with Crippen LogP contribution in [0, 0.1) is 12.5 Å². The molecule has 2 aromatic rings. The zero-order valence-electron chi connectivity index (χ0n) is 7.73. The molecule has 0 aliphatic heterocycles. The first-order chi connectivity index (χ1) is 6.90. The Morgan fingerprint density at radius 2 is 1.86 bits per heavy atom. The average Bonchev–Trinajstić information content (AvgIpc) is 2.26. The molecule has 0 aliphatic rings. The largest absolute Gasteiger partial charge is 0.442 e. The van der Waals surface area contributed by atoms with Gasteiger partial charge in [0.05, 0.1) is 0 Å². The highest BCUT2D eigenvalue weighted by Crippen LogP contribution is 2.15. The minimum absolute atomic E-state index is 0.474. The zero-order valence-corrected chi connectivity index (χ0v) is 7.73. The van der Waals surface area contributed by atoms with Gasteiger partial charge in [0.15, 0.2) is 0 Å². The predicted octanol–water partition coefficient (Wildman–Crippen LogP) is 2.95. The van der Waals surface area contributed by atoms with Crippen LogP contribution < -0.4 is 0 Å². The fourth-order valence-electron chi connectivity index (χ4n) is 1.45. The van der Waals surface area contributed by atoms with Crippen LogP contribution in [0.1, 0.15) is 5.56 Å². The Labute approximate surface area is 83.3 Å². The van der Waals surface area contributed by atoms with Crippen molar-refractivity contribution < 1.29 is 4.74 Å². The summed E-state index contributed by atoms with van der Waals surface area (Å²) in [4.78, 5) is 0. The molecule has 0 saturated carbocycles. The SMILES string of the molecule is C#COCc1ccc2ccccc2c1. The van der Waals surface area contributed by atoms with Gasteiger partial charge in [-0.25, -0.2) is 0 Å². The second-order valence-electron chi connectivity index (χ2n) is 3.09. The van der Waals surface area contributed by atoms with Crippen molar-refractivity contribution in [3.05, 3.63) is 48.0 Å². The summed E-state index contributed by atoms with van der Waals surface area (Å²) in [6.07, 6.45) is 7.18. The Balaban J connectivity index is 2.37. The first kappa shape index (κ1) is 8.65. The Morgan fingerprint density at radius 3 is 2.64 bits per heavy atom. The first-order valence-corrected chi connectivity index (χ1v) is 4.45. The normalized spacial score (nSPS) is 9.64. The van der Waals surface area contributed by atoms with E-state index in [1.165, 1.54) is 10.8 Å². The molecule has 0 N–H and O–H groups in total. The summed E-state index contributed by atoms with van der Waals surface area (Å²) in [5.41, 5.74) is 1.10. The predicted molar refractivity (Wildman–Crippen MR) is 57.6 cm³/mol. The van der Waals surface area contributed by atoms with Crippen LogP contribution in [0.3, 0.4) is 0 Å². The molecule has 1 nitrogen and oxygen atoms in total. The third-order valence-corrected chi connectivity index (χ3v) is 2.14. The third-order valence-electron chi connectivity index (χ3n) is 2.14. The first-order valence-electron chi connectivity index (χ1n) is 4.45. The van der Waals surface area contributed by atoms with Gasteiger partial charge in [-0.05, 0) is 22.4 Å². The molecule has 0 heterocycles. The molecule has 0 aliphatic carbocycles. The van der Waals surface area contributed by atoms with Gasteiger partial charge in [0, 0.05) is 0 Å². The van der Waals surface area contributed by atoms with Crippen molar-refractivity contribution >= 4 is 10.8 Å². The van der Waals surface area contributed by atoms with Gasteiger partial charge in [-0.1, -0.05) is 42.8 Å². The number of ether oxygens (including phenoxy) is 1. The molecular weight excluding hydrogens is 172 g/mol. The van der Waals surface area contributed by atoms with E-state index < -0.39 is 0 Å². The number of terminal acetylenes is 1. The number of hydrogen-bond acceptors (Lipinski definition) is 1. The summed E-state index contributed by atoms with van der Waals surface area (Å²) < 4.78 is 4.90. The molecule has 0 saturated heterocycles.